The third-order valence-electron chi connectivity index (χ3n) is 7.75. The van der Waals surface area contributed by atoms with Crippen LogP contribution in [0.25, 0.3) is 0 Å². The summed E-state index contributed by atoms with van der Waals surface area (Å²) in [4.78, 5) is 29.6. The summed E-state index contributed by atoms with van der Waals surface area (Å²) in [5.74, 6) is -1.20. The van der Waals surface area contributed by atoms with E-state index in [1.807, 2.05) is 56.3 Å². The normalized spacial score (nSPS) is 14.5. The van der Waals surface area contributed by atoms with Gasteiger partial charge < -0.3 is 10.2 Å². The quantitative estimate of drug-likeness (QED) is 0.304. The molecule has 3 aromatic carbocycles. The van der Waals surface area contributed by atoms with Gasteiger partial charge in [0.25, 0.3) is 0 Å². The van der Waals surface area contributed by atoms with Gasteiger partial charge in [0.2, 0.25) is 21.8 Å². The molecule has 0 saturated heterocycles. The molecule has 1 aliphatic carbocycles. The molecule has 0 aliphatic heterocycles. The van der Waals surface area contributed by atoms with E-state index in [4.69, 9.17) is 0 Å². The molecular weight excluding hydrogens is 553 g/mol. The first-order valence-corrected chi connectivity index (χ1v) is 16.3. The summed E-state index contributed by atoms with van der Waals surface area (Å²) in [6.07, 6.45) is 5.15. The van der Waals surface area contributed by atoms with E-state index in [0.29, 0.717) is 11.3 Å². The molecule has 42 heavy (non-hydrogen) atoms. The number of hydrogen-bond acceptors (Lipinski definition) is 4. The van der Waals surface area contributed by atoms with Crippen LogP contribution in [-0.4, -0.2) is 50.0 Å². The average Bonchev–Trinajstić information content (AvgIpc) is 3.47. The van der Waals surface area contributed by atoms with Crippen LogP contribution in [0.5, 0.6) is 0 Å². The minimum absolute atomic E-state index is 0.0120. The second-order valence-electron chi connectivity index (χ2n) is 11.3. The molecule has 0 aromatic heterocycles. The third-order valence-corrected chi connectivity index (χ3v) is 8.87. The van der Waals surface area contributed by atoms with E-state index >= 15 is 0 Å². The van der Waals surface area contributed by atoms with Gasteiger partial charge in [0, 0.05) is 19.0 Å². The van der Waals surface area contributed by atoms with Crippen LogP contribution in [-0.2, 0) is 32.6 Å². The summed E-state index contributed by atoms with van der Waals surface area (Å²) in [7, 11) is -3.87. The molecule has 1 unspecified atom stereocenters. The van der Waals surface area contributed by atoms with Gasteiger partial charge in [-0.05, 0) is 53.6 Å². The number of sulfonamides is 1. The lowest BCUT2D eigenvalue weighted by Crippen LogP contribution is -2.54. The average molecular weight is 594 g/mol. The van der Waals surface area contributed by atoms with Crippen LogP contribution in [0.4, 0.5) is 10.1 Å². The third kappa shape index (κ3) is 8.18. The molecule has 3 aromatic rings. The molecule has 1 N–H and O–H groups in total. The van der Waals surface area contributed by atoms with Gasteiger partial charge in [-0.25, -0.2) is 12.8 Å². The van der Waals surface area contributed by atoms with Crippen LogP contribution in [0.2, 0.25) is 0 Å². The summed E-state index contributed by atoms with van der Waals surface area (Å²) in [5, 5.41) is 3.14. The fraction of sp³-hybridized carbons (Fsp3) is 0.394. The SMILES string of the molecule is CC(C)c1ccccc1N(CC(=O)N(Cc1ccc(F)cc1)C(Cc1ccccc1)C(=O)NC1CCCC1)S(C)(=O)=O. The molecule has 0 bridgehead atoms. The van der Waals surface area contributed by atoms with Gasteiger partial charge in [-0.15, -0.1) is 0 Å². The van der Waals surface area contributed by atoms with E-state index in [9.17, 15) is 22.4 Å². The Labute approximate surface area is 248 Å². The standard InChI is InChI=1S/C33H40FN3O4S/c1-24(2)29-15-9-10-16-30(29)37(42(3,40)41)23-32(38)36(22-26-17-19-27(34)20-18-26)31(21-25-11-5-4-6-12-25)33(39)35-28-13-7-8-14-28/h4-6,9-12,15-20,24,28,31H,7-8,13-14,21-23H2,1-3H3,(H,35,39). The van der Waals surface area contributed by atoms with Crippen molar-refractivity contribution in [3.05, 3.63) is 101 Å². The molecule has 1 aliphatic rings. The smallest absolute Gasteiger partial charge is 0.244 e. The Morgan fingerprint density at radius 1 is 0.905 bits per heavy atom. The van der Waals surface area contributed by atoms with E-state index in [1.54, 1.807) is 24.3 Å². The second-order valence-corrected chi connectivity index (χ2v) is 13.2. The van der Waals surface area contributed by atoms with Crippen molar-refractivity contribution < 1.29 is 22.4 Å². The summed E-state index contributed by atoms with van der Waals surface area (Å²) >= 11 is 0. The fourth-order valence-electron chi connectivity index (χ4n) is 5.51. The van der Waals surface area contributed by atoms with Crippen molar-refractivity contribution in [3.63, 3.8) is 0 Å². The van der Waals surface area contributed by atoms with E-state index in [-0.39, 0.29) is 30.8 Å². The van der Waals surface area contributed by atoms with Crippen molar-refractivity contribution in [2.75, 3.05) is 17.1 Å². The maximum Gasteiger partial charge on any atom is 0.244 e. The zero-order valence-corrected chi connectivity index (χ0v) is 25.3. The fourth-order valence-corrected chi connectivity index (χ4v) is 6.37. The number of anilines is 1. The Morgan fingerprint density at radius 2 is 1.52 bits per heavy atom. The van der Waals surface area contributed by atoms with Gasteiger partial charge in [-0.1, -0.05) is 87.4 Å². The Hall–Kier alpha value is -3.72. The topological polar surface area (TPSA) is 86.8 Å². The van der Waals surface area contributed by atoms with Crippen LogP contribution >= 0.6 is 0 Å². The molecule has 0 radical (unpaired) electrons. The van der Waals surface area contributed by atoms with Crippen LogP contribution in [0.1, 0.15) is 62.1 Å². The number of amides is 2. The van der Waals surface area contributed by atoms with Crippen LogP contribution < -0.4 is 9.62 Å². The lowest BCUT2D eigenvalue weighted by molar-refractivity contribution is -0.140. The Balaban J connectivity index is 1.75. The van der Waals surface area contributed by atoms with Crippen molar-refractivity contribution in [1.29, 1.82) is 0 Å². The first-order chi connectivity index (χ1) is 20.0. The molecule has 0 heterocycles. The maximum absolute atomic E-state index is 14.3. The van der Waals surface area contributed by atoms with Gasteiger partial charge >= 0.3 is 0 Å². The van der Waals surface area contributed by atoms with Crippen molar-refractivity contribution in [2.45, 2.75) is 70.5 Å². The molecular formula is C33H40FN3O4S. The second kappa shape index (κ2) is 14.0. The van der Waals surface area contributed by atoms with Gasteiger partial charge in [-0.3, -0.25) is 13.9 Å². The summed E-state index contributed by atoms with van der Waals surface area (Å²) < 4.78 is 41.1. The van der Waals surface area contributed by atoms with E-state index in [0.717, 1.165) is 47.4 Å². The molecule has 1 atom stereocenters. The summed E-state index contributed by atoms with van der Waals surface area (Å²) in [6, 6.07) is 21.5. The van der Waals surface area contributed by atoms with E-state index in [2.05, 4.69) is 5.32 Å². The van der Waals surface area contributed by atoms with Crippen LogP contribution in [0.3, 0.4) is 0 Å². The number of carbonyl (C=O) groups is 2. The van der Waals surface area contributed by atoms with Crippen LogP contribution in [0.15, 0.2) is 78.9 Å². The van der Waals surface area contributed by atoms with Gasteiger partial charge in [0.15, 0.2) is 0 Å². The van der Waals surface area contributed by atoms with E-state index < -0.39 is 34.3 Å². The number of carbonyl (C=O) groups excluding carboxylic acids is 2. The molecule has 4 rings (SSSR count). The molecule has 9 heteroatoms. The molecule has 1 saturated carbocycles. The number of hydrogen-bond donors (Lipinski definition) is 1. The summed E-state index contributed by atoms with van der Waals surface area (Å²) in [5.41, 5.74) is 2.72. The van der Waals surface area contributed by atoms with Crippen molar-refractivity contribution in [2.24, 2.45) is 0 Å². The number of nitrogens with zero attached hydrogens (tertiary/aromatic N) is 2. The van der Waals surface area contributed by atoms with Gasteiger partial charge in [0.05, 0.1) is 11.9 Å². The van der Waals surface area contributed by atoms with E-state index in [1.165, 1.54) is 17.0 Å². The number of para-hydroxylation sites is 1. The Morgan fingerprint density at radius 3 is 2.14 bits per heavy atom. The number of benzene rings is 3. The number of rotatable bonds is 12. The van der Waals surface area contributed by atoms with Gasteiger partial charge in [-0.2, -0.15) is 0 Å². The van der Waals surface area contributed by atoms with Crippen molar-refractivity contribution in [3.8, 4) is 0 Å². The maximum atomic E-state index is 14.3. The van der Waals surface area contributed by atoms with Crippen LogP contribution in [0, 0.1) is 5.82 Å². The minimum atomic E-state index is -3.87. The number of nitrogens with one attached hydrogen (secondary N) is 1. The predicted octanol–water partition coefficient (Wildman–Crippen LogP) is 5.41. The monoisotopic (exact) mass is 593 g/mol. The lowest BCUT2D eigenvalue weighted by Gasteiger charge is -2.34. The largest absolute Gasteiger partial charge is 0.352 e. The minimum Gasteiger partial charge on any atom is -0.352 e. The highest BCUT2D eigenvalue weighted by Crippen LogP contribution is 2.29. The first-order valence-electron chi connectivity index (χ1n) is 14.5. The highest BCUT2D eigenvalue weighted by molar-refractivity contribution is 7.92. The predicted molar refractivity (Wildman–Crippen MR) is 164 cm³/mol. The Kier molecular flexibility index (Phi) is 10.4. The Bertz CT molecular complexity index is 1460. The zero-order chi connectivity index (χ0) is 30.3. The molecule has 2 amide bonds. The lowest BCUT2D eigenvalue weighted by atomic mass is 10.0. The van der Waals surface area contributed by atoms with Crippen molar-refractivity contribution in [1.82, 2.24) is 10.2 Å². The summed E-state index contributed by atoms with van der Waals surface area (Å²) in [6.45, 7) is 3.46. The molecule has 0 spiro atoms. The molecule has 7 nitrogen and oxygen atoms in total. The van der Waals surface area contributed by atoms with Crippen molar-refractivity contribution >= 4 is 27.5 Å². The number of halogens is 1. The molecule has 224 valence electrons. The van der Waals surface area contributed by atoms with Gasteiger partial charge in [0.1, 0.15) is 18.4 Å². The highest BCUT2D eigenvalue weighted by Gasteiger charge is 2.34. The zero-order valence-electron chi connectivity index (χ0n) is 24.5. The highest BCUT2D eigenvalue weighted by atomic mass is 32.2. The first kappa shape index (κ1) is 31.2. The molecule has 1 fully saturated rings.